The molecule has 1 amide bonds. The first-order chi connectivity index (χ1) is 9.99. The van der Waals surface area contributed by atoms with Crippen LogP contribution in [0.5, 0.6) is 0 Å². The molecule has 2 N–H and O–H groups in total. The van der Waals surface area contributed by atoms with Crippen LogP contribution in [0.3, 0.4) is 0 Å². The molecule has 5 nitrogen and oxygen atoms in total. The Bertz CT molecular complexity index is 494. The number of rotatable bonds is 9. The van der Waals surface area contributed by atoms with Crippen molar-refractivity contribution in [3.8, 4) is 0 Å². The van der Waals surface area contributed by atoms with Crippen LogP contribution in [0.25, 0.3) is 0 Å². The van der Waals surface area contributed by atoms with Gasteiger partial charge < -0.3 is 10.4 Å². The molecule has 114 valence electrons. The van der Waals surface area contributed by atoms with E-state index in [-0.39, 0.29) is 24.5 Å². The molecule has 0 aromatic heterocycles. The quantitative estimate of drug-likeness (QED) is 0.539. The summed E-state index contributed by atoms with van der Waals surface area (Å²) in [5.41, 5.74) is 1.50. The molecule has 0 radical (unpaired) electrons. The van der Waals surface area contributed by atoms with Gasteiger partial charge in [-0.15, -0.1) is 0 Å². The van der Waals surface area contributed by atoms with Crippen molar-refractivity contribution in [1.29, 1.82) is 0 Å². The number of aliphatic carboxylic acids is 1. The first-order valence-corrected chi connectivity index (χ1v) is 7.07. The lowest BCUT2D eigenvalue weighted by molar-refractivity contribution is -0.137. The Balaban J connectivity index is 2.21. The second-order valence-electron chi connectivity index (χ2n) is 4.98. The number of amides is 1. The predicted octanol–water partition coefficient (Wildman–Crippen LogP) is 2.19. The van der Waals surface area contributed by atoms with Gasteiger partial charge in [0.05, 0.1) is 6.42 Å². The highest BCUT2D eigenvalue weighted by Crippen LogP contribution is 2.06. The van der Waals surface area contributed by atoms with Crippen LogP contribution in [0.1, 0.15) is 48.5 Å². The second-order valence-corrected chi connectivity index (χ2v) is 4.98. The van der Waals surface area contributed by atoms with E-state index in [9.17, 15) is 14.4 Å². The van der Waals surface area contributed by atoms with E-state index in [1.807, 2.05) is 0 Å². The number of nitrogens with one attached hydrogen (secondary N) is 1. The van der Waals surface area contributed by atoms with E-state index >= 15 is 0 Å². The molecule has 1 rings (SSSR count). The number of ketones is 1. The molecule has 0 heterocycles. The molecule has 1 aromatic rings. The highest BCUT2D eigenvalue weighted by molar-refractivity contribution is 5.94. The smallest absolute Gasteiger partial charge is 0.303 e. The van der Waals surface area contributed by atoms with Crippen molar-refractivity contribution in [2.24, 2.45) is 0 Å². The van der Waals surface area contributed by atoms with Crippen LogP contribution in [-0.2, 0) is 16.0 Å². The van der Waals surface area contributed by atoms with Crippen LogP contribution in [0, 0.1) is 0 Å². The van der Waals surface area contributed by atoms with Crippen molar-refractivity contribution in [3.63, 3.8) is 0 Å². The highest BCUT2D eigenvalue weighted by Gasteiger charge is 2.04. The van der Waals surface area contributed by atoms with E-state index in [0.717, 1.165) is 18.4 Å². The van der Waals surface area contributed by atoms with Gasteiger partial charge in [0.1, 0.15) is 0 Å². The van der Waals surface area contributed by atoms with E-state index in [0.29, 0.717) is 18.5 Å². The molecule has 0 bridgehead atoms. The maximum absolute atomic E-state index is 11.7. The number of hydrogen-bond donors (Lipinski definition) is 2. The van der Waals surface area contributed by atoms with Gasteiger partial charge in [0, 0.05) is 18.5 Å². The summed E-state index contributed by atoms with van der Waals surface area (Å²) in [7, 11) is 0. The molecule has 0 aliphatic heterocycles. The Morgan fingerprint density at radius 1 is 1.05 bits per heavy atom. The van der Waals surface area contributed by atoms with E-state index in [1.54, 1.807) is 24.3 Å². The molecule has 0 aliphatic rings. The summed E-state index contributed by atoms with van der Waals surface area (Å²) >= 11 is 0. The average Bonchev–Trinajstić information content (AvgIpc) is 2.43. The number of carboxylic acid groups (broad SMARTS) is 1. The first-order valence-electron chi connectivity index (χ1n) is 7.07. The molecule has 0 unspecified atom stereocenters. The van der Waals surface area contributed by atoms with Crippen molar-refractivity contribution in [2.45, 2.75) is 39.0 Å². The van der Waals surface area contributed by atoms with Gasteiger partial charge in [-0.2, -0.15) is 0 Å². The minimum Gasteiger partial charge on any atom is -0.481 e. The fraction of sp³-hybridized carbons (Fsp3) is 0.438. The van der Waals surface area contributed by atoms with Crippen LogP contribution in [0.2, 0.25) is 0 Å². The Hall–Kier alpha value is -2.17. The Morgan fingerprint density at radius 3 is 2.29 bits per heavy atom. The maximum atomic E-state index is 11.7. The SMILES string of the molecule is CC(=O)c1ccc(CC(=O)NCCCCCC(=O)O)cc1. The highest BCUT2D eigenvalue weighted by atomic mass is 16.4. The molecule has 0 aliphatic carbocycles. The molecule has 21 heavy (non-hydrogen) atoms. The number of carbonyl (C=O) groups excluding carboxylic acids is 2. The molecule has 0 saturated heterocycles. The molecule has 0 atom stereocenters. The summed E-state index contributed by atoms with van der Waals surface area (Å²) in [6, 6.07) is 7.00. The molecule has 5 heteroatoms. The fourth-order valence-electron chi connectivity index (χ4n) is 1.91. The summed E-state index contributed by atoms with van der Waals surface area (Å²) in [6.07, 6.45) is 2.67. The van der Waals surface area contributed by atoms with E-state index in [2.05, 4.69) is 5.32 Å². The summed E-state index contributed by atoms with van der Waals surface area (Å²) in [6.45, 7) is 2.07. The first kappa shape index (κ1) is 16.9. The van der Waals surface area contributed by atoms with E-state index in [4.69, 9.17) is 5.11 Å². The van der Waals surface area contributed by atoms with Gasteiger partial charge in [-0.3, -0.25) is 14.4 Å². The fourth-order valence-corrected chi connectivity index (χ4v) is 1.91. The van der Waals surface area contributed by atoms with Crippen LogP contribution in [-0.4, -0.2) is 29.3 Å². The van der Waals surface area contributed by atoms with E-state index < -0.39 is 5.97 Å². The third-order valence-corrected chi connectivity index (χ3v) is 3.11. The number of unbranched alkanes of at least 4 members (excludes halogenated alkanes) is 2. The predicted molar refractivity (Wildman–Crippen MR) is 79.3 cm³/mol. The Labute approximate surface area is 124 Å². The van der Waals surface area contributed by atoms with Gasteiger partial charge in [-0.25, -0.2) is 0 Å². The topological polar surface area (TPSA) is 83.5 Å². The second kappa shape index (κ2) is 8.89. The summed E-state index contributed by atoms with van der Waals surface area (Å²) < 4.78 is 0. The van der Waals surface area contributed by atoms with Crippen molar-refractivity contribution in [1.82, 2.24) is 5.32 Å². The number of carboxylic acids is 1. The molecular weight excluding hydrogens is 270 g/mol. The maximum Gasteiger partial charge on any atom is 0.303 e. The molecular formula is C16H21NO4. The van der Waals surface area contributed by atoms with Gasteiger partial charge >= 0.3 is 5.97 Å². The lowest BCUT2D eigenvalue weighted by Gasteiger charge is -2.05. The zero-order valence-electron chi connectivity index (χ0n) is 12.2. The van der Waals surface area contributed by atoms with Gasteiger partial charge in [0.2, 0.25) is 5.91 Å². The van der Waals surface area contributed by atoms with Crippen LogP contribution < -0.4 is 5.32 Å². The van der Waals surface area contributed by atoms with Crippen molar-refractivity contribution in [2.75, 3.05) is 6.54 Å². The average molecular weight is 291 g/mol. The van der Waals surface area contributed by atoms with Crippen LogP contribution in [0.4, 0.5) is 0 Å². The summed E-state index contributed by atoms with van der Waals surface area (Å²) in [5, 5.41) is 11.3. The minimum atomic E-state index is -0.784. The number of Topliss-reactive ketones (excluding diaryl/α,β-unsaturated/α-hetero) is 1. The number of hydrogen-bond acceptors (Lipinski definition) is 3. The van der Waals surface area contributed by atoms with Crippen molar-refractivity contribution in [3.05, 3.63) is 35.4 Å². The minimum absolute atomic E-state index is 0.00682. The lowest BCUT2D eigenvalue weighted by Crippen LogP contribution is -2.26. The molecule has 0 fully saturated rings. The Morgan fingerprint density at radius 2 is 1.71 bits per heavy atom. The standard InChI is InChI=1S/C16H21NO4/c1-12(18)14-8-6-13(7-9-14)11-15(19)17-10-4-2-3-5-16(20)21/h6-9H,2-5,10-11H2,1H3,(H,17,19)(H,20,21). The number of carbonyl (C=O) groups is 3. The molecule has 0 spiro atoms. The third-order valence-electron chi connectivity index (χ3n) is 3.11. The van der Waals surface area contributed by atoms with Gasteiger partial charge in [-0.1, -0.05) is 30.7 Å². The van der Waals surface area contributed by atoms with E-state index in [1.165, 1.54) is 6.92 Å². The van der Waals surface area contributed by atoms with Gasteiger partial charge in [0.25, 0.3) is 0 Å². The van der Waals surface area contributed by atoms with Crippen LogP contribution in [0.15, 0.2) is 24.3 Å². The van der Waals surface area contributed by atoms with Gasteiger partial charge in [0.15, 0.2) is 5.78 Å². The zero-order chi connectivity index (χ0) is 15.7. The van der Waals surface area contributed by atoms with Gasteiger partial charge in [-0.05, 0) is 25.3 Å². The lowest BCUT2D eigenvalue weighted by atomic mass is 10.1. The monoisotopic (exact) mass is 291 g/mol. The molecule has 0 saturated carbocycles. The third kappa shape index (κ3) is 7.25. The van der Waals surface area contributed by atoms with Crippen LogP contribution >= 0.6 is 0 Å². The zero-order valence-corrected chi connectivity index (χ0v) is 12.2. The van der Waals surface area contributed by atoms with Crippen molar-refractivity contribution >= 4 is 17.7 Å². The molecule has 1 aromatic carbocycles. The summed E-state index contributed by atoms with van der Waals surface area (Å²) in [4.78, 5) is 33.2. The largest absolute Gasteiger partial charge is 0.481 e. The number of benzene rings is 1. The summed E-state index contributed by atoms with van der Waals surface area (Å²) in [5.74, 6) is -0.843. The van der Waals surface area contributed by atoms with Crippen molar-refractivity contribution < 1.29 is 19.5 Å². The Kier molecular flexibility index (Phi) is 7.15. The normalized spacial score (nSPS) is 10.1.